The molecule has 0 unspecified atom stereocenters. The zero-order chi connectivity index (χ0) is 19.9. The number of carbonyl (C=O) groups is 2. The van der Waals surface area contributed by atoms with Crippen LogP contribution in [0, 0.1) is 6.92 Å². The van der Waals surface area contributed by atoms with E-state index in [9.17, 15) is 14.7 Å². The number of hydrogen-bond acceptors (Lipinski definition) is 4. The highest BCUT2D eigenvalue weighted by Gasteiger charge is 2.19. The lowest BCUT2D eigenvalue weighted by molar-refractivity contribution is -0.121. The maximum absolute atomic E-state index is 12.9. The first-order valence-corrected chi connectivity index (χ1v) is 8.90. The summed E-state index contributed by atoms with van der Waals surface area (Å²) in [5.74, 6) is -0.875. The summed E-state index contributed by atoms with van der Waals surface area (Å²) in [7, 11) is 0. The van der Waals surface area contributed by atoms with E-state index in [1.54, 1.807) is 4.90 Å². The Hall–Kier alpha value is -3.60. The molecule has 0 spiro atoms. The van der Waals surface area contributed by atoms with Crippen molar-refractivity contribution in [2.24, 2.45) is 0 Å². The smallest absolute Gasteiger partial charge is 0.338 e. The molecular formula is C23H21NO4. The Morgan fingerprint density at radius 1 is 0.929 bits per heavy atom. The molecule has 0 saturated heterocycles. The monoisotopic (exact) mass is 375 g/mol. The number of ether oxygens (including phenoxy) is 1. The van der Waals surface area contributed by atoms with Gasteiger partial charge in [0.2, 0.25) is 0 Å². The Labute approximate surface area is 163 Å². The highest BCUT2D eigenvalue weighted by Crippen LogP contribution is 2.19. The average Bonchev–Trinajstić information content (AvgIpc) is 2.71. The van der Waals surface area contributed by atoms with E-state index in [0.29, 0.717) is 6.54 Å². The standard InChI is InChI=1S/C23H21NO4/c1-17-6-5-9-20(14-17)24(15-18-7-3-2-4-8-18)22(26)16-28-23(27)19-10-12-21(25)13-11-19/h2-14,25H,15-16H2,1H3. The van der Waals surface area contributed by atoms with Crippen LogP contribution < -0.4 is 4.90 Å². The number of carbonyl (C=O) groups excluding carboxylic acids is 2. The summed E-state index contributed by atoms with van der Waals surface area (Å²) < 4.78 is 5.19. The van der Waals surface area contributed by atoms with Gasteiger partial charge in [-0.3, -0.25) is 4.79 Å². The number of aromatic hydroxyl groups is 1. The van der Waals surface area contributed by atoms with Crippen LogP contribution in [0.25, 0.3) is 0 Å². The number of phenols is 1. The van der Waals surface area contributed by atoms with E-state index in [2.05, 4.69) is 0 Å². The van der Waals surface area contributed by atoms with Crippen molar-refractivity contribution >= 4 is 17.6 Å². The molecule has 5 heteroatoms. The third kappa shape index (κ3) is 4.98. The van der Waals surface area contributed by atoms with Gasteiger partial charge in [-0.2, -0.15) is 0 Å². The predicted octanol–water partition coefficient (Wildman–Crippen LogP) is 4.09. The first-order chi connectivity index (χ1) is 13.5. The van der Waals surface area contributed by atoms with Gasteiger partial charge < -0.3 is 14.7 Å². The molecule has 3 rings (SSSR count). The van der Waals surface area contributed by atoms with Crippen molar-refractivity contribution in [1.82, 2.24) is 0 Å². The highest BCUT2D eigenvalue weighted by molar-refractivity contribution is 5.97. The summed E-state index contributed by atoms with van der Waals surface area (Å²) in [4.78, 5) is 26.6. The van der Waals surface area contributed by atoms with E-state index in [-0.39, 0.29) is 23.8 Å². The number of benzene rings is 3. The van der Waals surface area contributed by atoms with E-state index in [1.165, 1.54) is 24.3 Å². The van der Waals surface area contributed by atoms with Gasteiger partial charge in [-0.05, 0) is 54.4 Å². The van der Waals surface area contributed by atoms with Gasteiger partial charge in [-0.15, -0.1) is 0 Å². The van der Waals surface area contributed by atoms with Crippen LogP contribution in [-0.4, -0.2) is 23.6 Å². The fourth-order valence-corrected chi connectivity index (χ4v) is 2.77. The van der Waals surface area contributed by atoms with Gasteiger partial charge in [0.15, 0.2) is 6.61 Å². The number of phenolic OH excluding ortho intramolecular Hbond substituents is 1. The molecule has 0 heterocycles. The van der Waals surface area contributed by atoms with Crippen LogP contribution in [0.5, 0.6) is 5.75 Å². The minimum Gasteiger partial charge on any atom is -0.508 e. The minimum atomic E-state index is -0.614. The number of aryl methyl sites for hydroxylation is 1. The number of anilines is 1. The Morgan fingerprint density at radius 2 is 1.64 bits per heavy atom. The van der Waals surface area contributed by atoms with E-state index in [0.717, 1.165) is 16.8 Å². The Balaban J connectivity index is 1.74. The second-order valence-corrected chi connectivity index (χ2v) is 6.43. The van der Waals surface area contributed by atoms with E-state index in [1.807, 2.05) is 61.5 Å². The van der Waals surface area contributed by atoms with Gasteiger partial charge in [0, 0.05) is 5.69 Å². The van der Waals surface area contributed by atoms with Crippen LogP contribution in [0.4, 0.5) is 5.69 Å². The van der Waals surface area contributed by atoms with Crippen LogP contribution in [-0.2, 0) is 16.1 Å². The lowest BCUT2D eigenvalue weighted by atomic mass is 10.1. The van der Waals surface area contributed by atoms with Gasteiger partial charge in [0.05, 0.1) is 12.1 Å². The lowest BCUT2D eigenvalue weighted by Crippen LogP contribution is -2.34. The summed E-state index contributed by atoms with van der Waals surface area (Å²) >= 11 is 0. The minimum absolute atomic E-state index is 0.0566. The molecule has 0 aliphatic heterocycles. The molecule has 0 saturated carbocycles. The van der Waals surface area contributed by atoms with Crippen LogP contribution in [0.2, 0.25) is 0 Å². The average molecular weight is 375 g/mol. The largest absolute Gasteiger partial charge is 0.508 e. The second kappa shape index (κ2) is 8.86. The summed E-state index contributed by atoms with van der Waals surface area (Å²) in [6.07, 6.45) is 0. The van der Waals surface area contributed by atoms with Crippen molar-refractivity contribution in [2.45, 2.75) is 13.5 Å². The van der Waals surface area contributed by atoms with Crippen molar-refractivity contribution in [3.63, 3.8) is 0 Å². The summed E-state index contributed by atoms with van der Waals surface area (Å²) in [5.41, 5.74) is 3.02. The molecule has 0 aliphatic rings. The number of hydrogen-bond donors (Lipinski definition) is 1. The molecule has 0 atom stereocenters. The van der Waals surface area contributed by atoms with Gasteiger partial charge in [0.1, 0.15) is 5.75 Å². The third-order valence-electron chi connectivity index (χ3n) is 4.23. The van der Waals surface area contributed by atoms with Gasteiger partial charge in [0.25, 0.3) is 5.91 Å². The molecule has 5 nitrogen and oxygen atoms in total. The molecule has 1 N–H and O–H groups in total. The van der Waals surface area contributed by atoms with Gasteiger partial charge >= 0.3 is 5.97 Å². The first-order valence-electron chi connectivity index (χ1n) is 8.90. The Kier molecular flexibility index (Phi) is 6.07. The molecule has 3 aromatic carbocycles. The van der Waals surface area contributed by atoms with Gasteiger partial charge in [-0.1, -0.05) is 42.5 Å². The molecule has 3 aromatic rings. The van der Waals surface area contributed by atoms with Crippen molar-refractivity contribution < 1.29 is 19.4 Å². The quantitative estimate of drug-likeness (QED) is 0.659. The topological polar surface area (TPSA) is 66.8 Å². The predicted molar refractivity (Wildman–Crippen MR) is 107 cm³/mol. The number of rotatable bonds is 6. The van der Waals surface area contributed by atoms with Crippen molar-refractivity contribution in [2.75, 3.05) is 11.5 Å². The number of esters is 1. The van der Waals surface area contributed by atoms with Crippen molar-refractivity contribution in [1.29, 1.82) is 0 Å². The first kappa shape index (κ1) is 19.2. The van der Waals surface area contributed by atoms with E-state index < -0.39 is 5.97 Å². The fraction of sp³-hybridized carbons (Fsp3) is 0.130. The molecule has 0 radical (unpaired) electrons. The van der Waals surface area contributed by atoms with Gasteiger partial charge in [-0.25, -0.2) is 4.79 Å². The van der Waals surface area contributed by atoms with Crippen molar-refractivity contribution in [3.05, 3.63) is 95.6 Å². The molecule has 28 heavy (non-hydrogen) atoms. The summed E-state index contributed by atoms with van der Waals surface area (Å²) in [5, 5.41) is 9.31. The van der Waals surface area contributed by atoms with Crippen LogP contribution in [0.15, 0.2) is 78.9 Å². The normalized spacial score (nSPS) is 10.3. The van der Waals surface area contributed by atoms with Crippen LogP contribution >= 0.6 is 0 Å². The maximum Gasteiger partial charge on any atom is 0.338 e. The highest BCUT2D eigenvalue weighted by atomic mass is 16.5. The number of amides is 1. The van der Waals surface area contributed by atoms with Crippen LogP contribution in [0.3, 0.4) is 0 Å². The maximum atomic E-state index is 12.9. The molecule has 0 aromatic heterocycles. The van der Waals surface area contributed by atoms with Crippen LogP contribution in [0.1, 0.15) is 21.5 Å². The van der Waals surface area contributed by atoms with E-state index in [4.69, 9.17) is 4.74 Å². The molecule has 1 amide bonds. The molecule has 0 aliphatic carbocycles. The second-order valence-electron chi connectivity index (χ2n) is 6.43. The SMILES string of the molecule is Cc1cccc(N(Cc2ccccc2)C(=O)COC(=O)c2ccc(O)cc2)c1. The molecule has 0 bridgehead atoms. The molecule has 142 valence electrons. The Bertz CT molecular complexity index is 952. The number of nitrogens with zero attached hydrogens (tertiary/aromatic N) is 1. The zero-order valence-electron chi connectivity index (χ0n) is 15.5. The summed E-state index contributed by atoms with van der Waals surface area (Å²) in [6.45, 7) is 1.96. The third-order valence-corrected chi connectivity index (χ3v) is 4.23. The Morgan fingerprint density at radius 3 is 2.32 bits per heavy atom. The van der Waals surface area contributed by atoms with Crippen molar-refractivity contribution in [3.8, 4) is 5.75 Å². The molecule has 0 fully saturated rings. The summed E-state index contributed by atoms with van der Waals surface area (Å²) in [6, 6.07) is 22.9. The molecular weight excluding hydrogens is 354 g/mol. The fourth-order valence-electron chi connectivity index (χ4n) is 2.77. The lowest BCUT2D eigenvalue weighted by Gasteiger charge is -2.23. The zero-order valence-corrected chi connectivity index (χ0v) is 15.5. The van der Waals surface area contributed by atoms with E-state index >= 15 is 0 Å².